The lowest BCUT2D eigenvalue weighted by atomic mass is 9.95. The quantitative estimate of drug-likeness (QED) is 0.308. The lowest BCUT2D eigenvalue weighted by Crippen LogP contribution is -2.42. The Morgan fingerprint density at radius 1 is 0.861 bits per heavy atom. The van der Waals surface area contributed by atoms with Gasteiger partial charge >= 0.3 is 0 Å². The Morgan fingerprint density at radius 3 is 2.47 bits per heavy atom. The molecular weight excluding hydrogens is 500 g/mol. The molecule has 0 atom stereocenters. The fraction of sp³-hybridized carbons (Fsp3) is 0.222. The van der Waals surface area contributed by atoms with Crippen molar-refractivity contribution in [1.29, 1.82) is 0 Å². The van der Waals surface area contributed by atoms with E-state index in [2.05, 4.69) is 27.6 Å². The normalized spacial score (nSPS) is 14.7. The Kier molecular flexibility index (Phi) is 7.73. The van der Waals surface area contributed by atoms with Crippen molar-refractivity contribution in [3.05, 3.63) is 79.0 Å². The Labute approximate surface area is 220 Å². The Hall–Kier alpha value is -3.26. The van der Waals surface area contributed by atoms with Gasteiger partial charge in [0, 0.05) is 11.6 Å². The minimum absolute atomic E-state index is 0. The highest BCUT2D eigenvalue weighted by Gasteiger charge is 2.32. The number of halogens is 3. The summed E-state index contributed by atoms with van der Waals surface area (Å²) in [6, 6.07) is 23.8. The number of nitrogens with one attached hydrogen (secondary N) is 1. The molecule has 0 aliphatic carbocycles. The zero-order valence-corrected chi connectivity index (χ0v) is 21.1. The first kappa shape index (κ1) is 25.8. The number of hydrogen-bond donors (Lipinski definition) is 1. The van der Waals surface area contributed by atoms with Crippen LogP contribution in [0.2, 0.25) is 0 Å². The second kappa shape index (κ2) is 10.8. The van der Waals surface area contributed by atoms with E-state index in [1.165, 1.54) is 0 Å². The molecule has 6 rings (SSSR count). The van der Waals surface area contributed by atoms with Gasteiger partial charge in [0.15, 0.2) is 11.5 Å². The van der Waals surface area contributed by atoms with Gasteiger partial charge in [0.1, 0.15) is 29.2 Å². The molecule has 186 valence electrons. The van der Waals surface area contributed by atoms with E-state index in [0.717, 1.165) is 22.2 Å². The van der Waals surface area contributed by atoms with Crippen LogP contribution in [0.5, 0.6) is 5.75 Å². The summed E-state index contributed by atoms with van der Waals surface area (Å²) < 4.78 is 23.0. The fourth-order valence-corrected chi connectivity index (χ4v) is 4.45. The van der Waals surface area contributed by atoms with Gasteiger partial charge < -0.3 is 10.1 Å². The third-order valence-corrected chi connectivity index (χ3v) is 6.41. The van der Waals surface area contributed by atoms with Crippen molar-refractivity contribution in [3.8, 4) is 28.4 Å². The van der Waals surface area contributed by atoms with Crippen molar-refractivity contribution in [2.24, 2.45) is 0 Å². The van der Waals surface area contributed by atoms with Crippen LogP contribution in [-0.2, 0) is 0 Å². The highest BCUT2D eigenvalue weighted by Crippen LogP contribution is 2.30. The summed E-state index contributed by atoms with van der Waals surface area (Å²) in [5, 5.41) is 12.9. The molecule has 0 bridgehead atoms. The molecule has 36 heavy (non-hydrogen) atoms. The predicted octanol–water partition coefficient (Wildman–Crippen LogP) is 5.93. The average Bonchev–Trinajstić information content (AvgIpc) is 3.31. The van der Waals surface area contributed by atoms with Crippen LogP contribution in [0.1, 0.15) is 12.8 Å². The second-order valence-corrected chi connectivity index (χ2v) is 8.75. The maximum Gasteiger partial charge on any atom is 0.187 e. The van der Waals surface area contributed by atoms with Gasteiger partial charge in [-0.15, -0.1) is 35.0 Å². The van der Waals surface area contributed by atoms with Crippen LogP contribution in [0, 0.1) is 0 Å². The van der Waals surface area contributed by atoms with E-state index in [1.54, 1.807) is 0 Å². The van der Waals surface area contributed by atoms with Gasteiger partial charge in [0.25, 0.3) is 0 Å². The van der Waals surface area contributed by atoms with Crippen LogP contribution in [0.15, 0.2) is 79.0 Å². The van der Waals surface area contributed by atoms with Crippen molar-refractivity contribution in [2.45, 2.75) is 18.5 Å². The summed E-state index contributed by atoms with van der Waals surface area (Å²) in [4.78, 5) is 4.87. The number of piperidine rings is 1. The van der Waals surface area contributed by atoms with Gasteiger partial charge in [-0.3, -0.25) is 4.40 Å². The van der Waals surface area contributed by atoms with E-state index < -0.39 is 5.67 Å². The first-order chi connectivity index (χ1) is 16.7. The number of benzene rings is 2. The van der Waals surface area contributed by atoms with Crippen molar-refractivity contribution >= 4 is 41.4 Å². The molecule has 4 heterocycles. The van der Waals surface area contributed by atoms with Crippen LogP contribution in [-0.4, -0.2) is 44.9 Å². The number of aromatic nitrogens is 4. The molecule has 0 radical (unpaired) electrons. The number of rotatable bonds is 5. The largest absolute Gasteiger partial charge is 0.488 e. The molecule has 0 saturated carbocycles. The summed E-state index contributed by atoms with van der Waals surface area (Å²) in [5.41, 5.74) is 2.97. The number of hydrogen-bond acceptors (Lipinski definition) is 5. The summed E-state index contributed by atoms with van der Waals surface area (Å²) >= 11 is 0. The monoisotopic (exact) mass is 525 g/mol. The number of fused-ring (bicyclic) bond motifs is 2. The minimum Gasteiger partial charge on any atom is -0.488 e. The summed E-state index contributed by atoms with van der Waals surface area (Å²) in [7, 11) is 0. The van der Waals surface area contributed by atoms with E-state index in [1.807, 2.05) is 71.3 Å². The van der Waals surface area contributed by atoms with Crippen molar-refractivity contribution in [2.75, 3.05) is 19.7 Å². The molecular formula is C27H26Cl2FN5O. The molecule has 9 heteroatoms. The van der Waals surface area contributed by atoms with E-state index >= 15 is 4.39 Å². The van der Waals surface area contributed by atoms with Gasteiger partial charge in [-0.05, 0) is 61.3 Å². The lowest BCUT2D eigenvalue weighted by Gasteiger charge is -2.29. The van der Waals surface area contributed by atoms with Gasteiger partial charge in [-0.25, -0.2) is 9.37 Å². The molecule has 2 aromatic carbocycles. The van der Waals surface area contributed by atoms with E-state index in [-0.39, 0.29) is 31.4 Å². The minimum atomic E-state index is -1.32. The van der Waals surface area contributed by atoms with Gasteiger partial charge in [0.2, 0.25) is 0 Å². The highest BCUT2D eigenvalue weighted by atomic mass is 35.5. The van der Waals surface area contributed by atoms with Crippen LogP contribution >= 0.6 is 24.8 Å². The summed E-state index contributed by atoms with van der Waals surface area (Å²) in [5.74, 6) is 1.22. The molecule has 0 amide bonds. The molecule has 1 aliphatic heterocycles. The lowest BCUT2D eigenvalue weighted by molar-refractivity contribution is 0.0545. The van der Waals surface area contributed by atoms with E-state index in [4.69, 9.17) is 9.72 Å². The van der Waals surface area contributed by atoms with Gasteiger partial charge in [0.05, 0.1) is 0 Å². The SMILES string of the molecule is Cl.Cl.FC1(COc2cccc3ccc(-c4nnc5ccc(-c6ccccc6)cn45)nc23)CCNCC1. The summed E-state index contributed by atoms with van der Waals surface area (Å²) in [6.45, 7) is 1.36. The summed E-state index contributed by atoms with van der Waals surface area (Å²) in [6.07, 6.45) is 2.93. The Bertz CT molecular complexity index is 1470. The smallest absolute Gasteiger partial charge is 0.187 e. The second-order valence-electron chi connectivity index (χ2n) is 8.75. The number of para-hydroxylation sites is 1. The number of nitrogens with zero attached hydrogens (tertiary/aromatic N) is 4. The number of alkyl halides is 1. The Morgan fingerprint density at radius 2 is 1.67 bits per heavy atom. The van der Waals surface area contributed by atoms with Crippen molar-refractivity contribution in [3.63, 3.8) is 0 Å². The topological polar surface area (TPSA) is 64.3 Å². The third-order valence-electron chi connectivity index (χ3n) is 6.41. The molecule has 0 spiro atoms. The standard InChI is InChI=1S/C27H24FN5O.2ClH/c28-27(13-15-29-16-14-27)18-34-23-8-4-7-20-9-11-22(30-25(20)23)26-32-31-24-12-10-21(17-33(24)26)19-5-2-1-3-6-19;;/h1-12,17,29H,13-16,18H2;2*1H. The van der Waals surface area contributed by atoms with Crippen LogP contribution in [0.3, 0.4) is 0 Å². The molecule has 1 fully saturated rings. The fourth-order valence-electron chi connectivity index (χ4n) is 4.45. The van der Waals surface area contributed by atoms with Crippen LogP contribution in [0.25, 0.3) is 39.2 Å². The van der Waals surface area contributed by atoms with Crippen molar-refractivity contribution in [1.82, 2.24) is 24.9 Å². The predicted molar refractivity (Wildman–Crippen MR) is 145 cm³/mol. The number of pyridine rings is 2. The average molecular weight is 526 g/mol. The molecule has 6 nitrogen and oxygen atoms in total. The first-order valence-electron chi connectivity index (χ1n) is 11.5. The Balaban J connectivity index is 0.00000152. The number of ether oxygens (including phenoxy) is 1. The van der Waals surface area contributed by atoms with E-state index in [9.17, 15) is 0 Å². The van der Waals surface area contributed by atoms with Crippen molar-refractivity contribution < 1.29 is 9.13 Å². The first-order valence-corrected chi connectivity index (χ1v) is 11.5. The molecule has 1 saturated heterocycles. The zero-order valence-electron chi connectivity index (χ0n) is 19.4. The molecule has 3 aromatic heterocycles. The third kappa shape index (κ3) is 5.00. The van der Waals surface area contributed by atoms with E-state index in [0.29, 0.717) is 48.7 Å². The van der Waals surface area contributed by atoms with Gasteiger partial charge in [-0.1, -0.05) is 48.5 Å². The zero-order chi connectivity index (χ0) is 23.0. The molecule has 1 aliphatic rings. The van der Waals surface area contributed by atoms with Crippen LogP contribution < -0.4 is 10.1 Å². The molecule has 1 N–H and O–H groups in total. The van der Waals surface area contributed by atoms with Crippen LogP contribution in [0.4, 0.5) is 4.39 Å². The molecule has 5 aromatic rings. The maximum absolute atomic E-state index is 15.1. The highest BCUT2D eigenvalue weighted by molar-refractivity contribution is 5.86. The maximum atomic E-state index is 15.1. The molecule has 0 unspecified atom stereocenters. The van der Waals surface area contributed by atoms with Gasteiger partial charge in [-0.2, -0.15) is 0 Å².